The maximum atomic E-state index is 8.76. The Morgan fingerprint density at radius 2 is 2.23 bits per heavy atom. The summed E-state index contributed by atoms with van der Waals surface area (Å²) < 4.78 is 1.56. The van der Waals surface area contributed by atoms with Gasteiger partial charge in [-0.05, 0) is 12.1 Å². The van der Waals surface area contributed by atoms with Crippen molar-refractivity contribution in [3.63, 3.8) is 0 Å². The lowest BCUT2D eigenvalue weighted by atomic mass is 10.4. The Kier molecular flexibility index (Phi) is 1.87. The first-order valence-corrected chi connectivity index (χ1v) is 4.22. The van der Waals surface area contributed by atoms with E-state index in [1.165, 1.54) is 0 Å². The van der Waals surface area contributed by atoms with Gasteiger partial charge in [0, 0.05) is 6.20 Å². The maximum absolute atomic E-state index is 8.76. The van der Waals surface area contributed by atoms with Gasteiger partial charge in [0.1, 0.15) is 6.07 Å². The largest absolute Gasteiger partial charge is 0.289 e. The van der Waals surface area contributed by atoms with Crippen LogP contribution in [0.3, 0.4) is 0 Å². The molecule has 0 aliphatic heterocycles. The molecule has 3 nitrogen and oxygen atoms in total. The Morgan fingerprint density at radius 1 is 1.46 bits per heavy atom. The van der Waals surface area contributed by atoms with Gasteiger partial charge in [0.2, 0.25) is 0 Å². The van der Waals surface area contributed by atoms with E-state index in [-0.39, 0.29) is 5.15 Å². The third-order valence-corrected chi connectivity index (χ3v) is 2.22. The lowest BCUT2D eigenvalue weighted by Gasteiger charge is -1.94. The average molecular weight is 212 g/mol. The van der Waals surface area contributed by atoms with Gasteiger partial charge in [-0.25, -0.2) is 4.98 Å². The summed E-state index contributed by atoms with van der Waals surface area (Å²) in [6.45, 7) is 0. The summed E-state index contributed by atoms with van der Waals surface area (Å²) in [5, 5.41) is 9.41. The molecule has 64 valence electrons. The van der Waals surface area contributed by atoms with E-state index in [0.717, 1.165) is 0 Å². The number of fused-ring (bicyclic) bond motifs is 1. The van der Waals surface area contributed by atoms with Crippen LogP contribution < -0.4 is 0 Å². The zero-order chi connectivity index (χ0) is 9.42. The summed E-state index contributed by atoms with van der Waals surface area (Å²) in [4.78, 5) is 3.96. The van der Waals surface area contributed by atoms with Crippen molar-refractivity contribution in [1.29, 1.82) is 5.26 Å². The lowest BCUT2D eigenvalue weighted by molar-refractivity contribution is 1.15. The molecule has 0 unspecified atom stereocenters. The molecule has 2 heterocycles. The SMILES string of the molecule is N#Cc1c(Cl)nc2c(Cl)cccn12. The van der Waals surface area contributed by atoms with E-state index in [0.29, 0.717) is 16.4 Å². The molecular weight excluding hydrogens is 209 g/mol. The molecule has 0 saturated heterocycles. The summed E-state index contributed by atoms with van der Waals surface area (Å²) in [5.74, 6) is 0. The van der Waals surface area contributed by atoms with Crippen molar-refractivity contribution >= 4 is 28.8 Å². The van der Waals surface area contributed by atoms with E-state index in [2.05, 4.69) is 4.98 Å². The Hall–Kier alpha value is -1.24. The molecular formula is C8H3Cl2N3. The van der Waals surface area contributed by atoms with Crippen molar-refractivity contribution < 1.29 is 0 Å². The molecule has 0 aliphatic carbocycles. The molecule has 0 N–H and O–H groups in total. The summed E-state index contributed by atoms with van der Waals surface area (Å²) in [6, 6.07) is 5.38. The van der Waals surface area contributed by atoms with Crippen LogP contribution >= 0.6 is 23.2 Å². The topological polar surface area (TPSA) is 41.1 Å². The highest BCUT2D eigenvalue weighted by Gasteiger charge is 2.10. The molecule has 2 aromatic heterocycles. The van der Waals surface area contributed by atoms with Crippen LogP contribution in [0.25, 0.3) is 5.65 Å². The van der Waals surface area contributed by atoms with Gasteiger partial charge in [-0.15, -0.1) is 0 Å². The van der Waals surface area contributed by atoms with Gasteiger partial charge in [-0.1, -0.05) is 23.2 Å². The second-order valence-electron chi connectivity index (χ2n) is 2.41. The first-order valence-electron chi connectivity index (χ1n) is 3.46. The smallest absolute Gasteiger partial charge is 0.166 e. The minimum absolute atomic E-state index is 0.176. The van der Waals surface area contributed by atoms with Crippen molar-refractivity contribution in [1.82, 2.24) is 9.38 Å². The van der Waals surface area contributed by atoms with Gasteiger partial charge in [-0.3, -0.25) is 4.40 Å². The number of pyridine rings is 1. The monoisotopic (exact) mass is 211 g/mol. The molecule has 0 amide bonds. The Balaban J connectivity index is 2.96. The second-order valence-corrected chi connectivity index (χ2v) is 3.18. The first-order chi connectivity index (χ1) is 6.24. The van der Waals surface area contributed by atoms with Crippen LogP contribution in [0.15, 0.2) is 18.3 Å². The predicted molar refractivity (Wildman–Crippen MR) is 49.9 cm³/mol. The number of nitriles is 1. The molecule has 0 saturated carbocycles. The van der Waals surface area contributed by atoms with E-state index < -0.39 is 0 Å². The standard InChI is InChI=1S/C8H3Cl2N3/c9-5-2-1-3-13-6(4-11)7(10)12-8(5)13/h1-3H. The highest BCUT2D eigenvalue weighted by molar-refractivity contribution is 6.34. The third kappa shape index (κ3) is 1.15. The number of halogens is 2. The second kappa shape index (κ2) is 2.91. The van der Waals surface area contributed by atoms with Crippen LogP contribution in [-0.4, -0.2) is 9.38 Å². The van der Waals surface area contributed by atoms with E-state index in [1.54, 1.807) is 22.7 Å². The van der Waals surface area contributed by atoms with E-state index in [4.69, 9.17) is 28.5 Å². The first kappa shape index (κ1) is 8.36. The fraction of sp³-hybridized carbons (Fsp3) is 0. The van der Waals surface area contributed by atoms with Gasteiger partial charge in [0.25, 0.3) is 0 Å². The van der Waals surface area contributed by atoms with Crippen molar-refractivity contribution in [2.75, 3.05) is 0 Å². The van der Waals surface area contributed by atoms with Crippen molar-refractivity contribution in [3.05, 3.63) is 34.2 Å². The van der Waals surface area contributed by atoms with E-state index in [1.807, 2.05) is 6.07 Å². The van der Waals surface area contributed by atoms with E-state index >= 15 is 0 Å². The summed E-state index contributed by atoms with van der Waals surface area (Å²) >= 11 is 11.6. The van der Waals surface area contributed by atoms with Crippen molar-refractivity contribution in [2.45, 2.75) is 0 Å². The number of nitrogens with zero attached hydrogens (tertiary/aromatic N) is 3. The fourth-order valence-electron chi connectivity index (χ4n) is 1.11. The molecule has 0 aromatic carbocycles. The van der Waals surface area contributed by atoms with Gasteiger partial charge >= 0.3 is 0 Å². The maximum Gasteiger partial charge on any atom is 0.166 e. The van der Waals surface area contributed by atoms with Gasteiger partial charge < -0.3 is 0 Å². The summed E-state index contributed by atoms with van der Waals surface area (Å²) in [6.07, 6.45) is 1.69. The zero-order valence-electron chi connectivity index (χ0n) is 6.33. The van der Waals surface area contributed by atoms with Crippen LogP contribution in [0, 0.1) is 11.3 Å². The number of hydrogen-bond acceptors (Lipinski definition) is 2. The highest BCUT2D eigenvalue weighted by Crippen LogP contribution is 2.22. The summed E-state index contributed by atoms with van der Waals surface area (Å²) in [5.41, 5.74) is 0.810. The molecule has 0 radical (unpaired) electrons. The van der Waals surface area contributed by atoms with Crippen molar-refractivity contribution in [3.8, 4) is 6.07 Å². The molecule has 5 heteroatoms. The normalized spacial score (nSPS) is 10.2. The number of aromatic nitrogens is 2. The van der Waals surface area contributed by atoms with Crippen LogP contribution in [-0.2, 0) is 0 Å². The quantitative estimate of drug-likeness (QED) is 0.673. The molecule has 0 spiro atoms. The highest BCUT2D eigenvalue weighted by atomic mass is 35.5. The minimum Gasteiger partial charge on any atom is -0.289 e. The fourth-order valence-corrected chi connectivity index (χ4v) is 1.53. The van der Waals surface area contributed by atoms with E-state index in [9.17, 15) is 0 Å². The average Bonchev–Trinajstić information content (AvgIpc) is 2.43. The minimum atomic E-state index is 0.176. The number of rotatable bonds is 0. The van der Waals surface area contributed by atoms with Crippen LogP contribution in [0.4, 0.5) is 0 Å². The Labute approximate surface area is 84.1 Å². The molecule has 0 fully saturated rings. The van der Waals surface area contributed by atoms with Crippen LogP contribution in [0.2, 0.25) is 10.2 Å². The summed E-state index contributed by atoms with van der Waals surface area (Å²) in [7, 11) is 0. The Bertz CT molecular complexity index is 510. The molecule has 13 heavy (non-hydrogen) atoms. The Morgan fingerprint density at radius 3 is 2.92 bits per heavy atom. The molecule has 2 aromatic rings. The van der Waals surface area contributed by atoms with Gasteiger partial charge in [-0.2, -0.15) is 5.26 Å². The molecule has 0 bridgehead atoms. The van der Waals surface area contributed by atoms with Crippen LogP contribution in [0.1, 0.15) is 5.69 Å². The number of imidazole rings is 1. The zero-order valence-corrected chi connectivity index (χ0v) is 7.84. The lowest BCUT2D eigenvalue weighted by Crippen LogP contribution is -1.86. The van der Waals surface area contributed by atoms with Crippen molar-refractivity contribution in [2.24, 2.45) is 0 Å². The van der Waals surface area contributed by atoms with Gasteiger partial charge in [0.05, 0.1) is 5.02 Å². The van der Waals surface area contributed by atoms with Gasteiger partial charge in [0.15, 0.2) is 16.5 Å². The number of hydrogen-bond donors (Lipinski definition) is 0. The molecule has 2 rings (SSSR count). The molecule has 0 atom stereocenters. The van der Waals surface area contributed by atoms with Crippen LogP contribution in [0.5, 0.6) is 0 Å². The predicted octanol–water partition coefficient (Wildman–Crippen LogP) is 2.51. The third-order valence-electron chi connectivity index (χ3n) is 1.67. The molecule has 0 aliphatic rings.